The molecule has 4 heteroatoms. The highest BCUT2D eigenvalue weighted by molar-refractivity contribution is 5.77. The lowest BCUT2D eigenvalue weighted by molar-refractivity contribution is -0.122. The predicted molar refractivity (Wildman–Crippen MR) is 85.0 cm³/mol. The van der Waals surface area contributed by atoms with Crippen LogP contribution in [-0.2, 0) is 11.2 Å². The molecule has 0 bridgehead atoms. The molecule has 1 amide bonds. The van der Waals surface area contributed by atoms with Gasteiger partial charge >= 0.3 is 0 Å². The Morgan fingerprint density at radius 2 is 2.00 bits per heavy atom. The Kier molecular flexibility index (Phi) is 4.42. The Hall–Kier alpha value is -2.23. The van der Waals surface area contributed by atoms with Crippen molar-refractivity contribution in [3.8, 4) is 0 Å². The van der Waals surface area contributed by atoms with Crippen LogP contribution in [0.2, 0.25) is 0 Å². The van der Waals surface area contributed by atoms with Crippen molar-refractivity contribution in [2.75, 3.05) is 0 Å². The summed E-state index contributed by atoms with van der Waals surface area (Å²) in [6.45, 7) is 1.77. The Morgan fingerprint density at radius 1 is 1.22 bits per heavy atom. The van der Waals surface area contributed by atoms with Crippen molar-refractivity contribution in [1.82, 2.24) is 5.32 Å². The van der Waals surface area contributed by atoms with E-state index in [0.29, 0.717) is 12.0 Å². The predicted octanol–water partition coefficient (Wildman–Crippen LogP) is 4.26. The number of aryl methyl sites for hydroxylation is 1. The van der Waals surface area contributed by atoms with Crippen molar-refractivity contribution in [3.63, 3.8) is 0 Å². The van der Waals surface area contributed by atoms with Gasteiger partial charge in [0.05, 0.1) is 6.04 Å². The van der Waals surface area contributed by atoms with Gasteiger partial charge in [0.25, 0.3) is 0 Å². The molecule has 0 saturated heterocycles. The zero-order valence-electron chi connectivity index (χ0n) is 13.0. The molecule has 0 heterocycles. The fraction of sp³-hybridized carbons (Fsp3) is 0.316. The summed E-state index contributed by atoms with van der Waals surface area (Å²) in [5.74, 6) is -1.60. The van der Waals surface area contributed by atoms with Crippen LogP contribution in [0.1, 0.15) is 48.4 Å². The second-order valence-corrected chi connectivity index (χ2v) is 6.10. The Labute approximate surface area is 134 Å². The molecule has 23 heavy (non-hydrogen) atoms. The van der Waals surface area contributed by atoms with Crippen LogP contribution in [0, 0.1) is 11.6 Å². The first kappa shape index (κ1) is 15.7. The van der Waals surface area contributed by atoms with Gasteiger partial charge < -0.3 is 5.32 Å². The highest BCUT2D eigenvalue weighted by Crippen LogP contribution is 2.35. The van der Waals surface area contributed by atoms with Gasteiger partial charge in [0.15, 0.2) is 11.6 Å². The molecule has 2 atom stereocenters. The molecule has 3 rings (SSSR count). The highest BCUT2D eigenvalue weighted by Gasteiger charge is 2.24. The molecule has 0 spiro atoms. The van der Waals surface area contributed by atoms with Crippen molar-refractivity contribution in [2.45, 2.75) is 38.1 Å². The van der Waals surface area contributed by atoms with Crippen molar-refractivity contribution in [2.24, 2.45) is 0 Å². The maximum absolute atomic E-state index is 13.3. The molecule has 2 aromatic rings. The number of nitrogens with one attached hydrogen (secondary N) is 1. The molecule has 2 unspecified atom stereocenters. The van der Waals surface area contributed by atoms with Gasteiger partial charge in [-0.1, -0.05) is 30.3 Å². The quantitative estimate of drug-likeness (QED) is 0.897. The summed E-state index contributed by atoms with van der Waals surface area (Å²) in [5, 5.41) is 2.87. The Bertz CT molecular complexity index is 729. The summed E-state index contributed by atoms with van der Waals surface area (Å²) in [4.78, 5) is 12.3. The highest BCUT2D eigenvalue weighted by atomic mass is 19.2. The Morgan fingerprint density at radius 3 is 2.78 bits per heavy atom. The van der Waals surface area contributed by atoms with Crippen molar-refractivity contribution in [3.05, 3.63) is 70.8 Å². The van der Waals surface area contributed by atoms with E-state index in [9.17, 15) is 13.6 Å². The fourth-order valence-corrected chi connectivity index (χ4v) is 3.25. The van der Waals surface area contributed by atoms with Crippen LogP contribution >= 0.6 is 0 Å². The fourth-order valence-electron chi connectivity index (χ4n) is 3.25. The summed E-state index contributed by atoms with van der Waals surface area (Å²) in [5.41, 5.74) is 3.13. The molecule has 2 nitrogen and oxygen atoms in total. The van der Waals surface area contributed by atoms with E-state index in [1.54, 1.807) is 6.92 Å². The van der Waals surface area contributed by atoms with E-state index in [1.165, 1.54) is 17.2 Å². The van der Waals surface area contributed by atoms with E-state index < -0.39 is 11.6 Å². The lowest BCUT2D eigenvalue weighted by Crippen LogP contribution is -2.27. The number of hydrogen-bond acceptors (Lipinski definition) is 1. The molecule has 0 fully saturated rings. The number of hydrogen-bond donors (Lipinski definition) is 1. The van der Waals surface area contributed by atoms with Crippen molar-refractivity contribution in [1.29, 1.82) is 0 Å². The van der Waals surface area contributed by atoms with Gasteiger partial charge in [0.1, 0.15) is 0 Å². The summed E-state index contributed by atoms with van der Waals surface area (Å²) < 4.78 is 26.3. The first-order chi connectivity index (χ1) is 11.0. The molecule has 1 aliphatic rings. The average molecular weight is 315 g/mol. The van der Waals surface area contributed by atoms with E-state index >= 15 is 0 Å². The topological polar surface area (TPSA) is 29.1 Å². The molecule has 1 aliphatic carbocycles. The molecule has 1 N–H and O–H groups in total. The maximum Gasteiger partial charge on any atom is 0.221 e. The van der Waals surface area contributed by atoms with Crippen LogP contribution in [0.3, 0.4) is 0 Å². The minimum absolute atomic E-state index is 0.0658. The number of carbonyl (C=O) groups is 1. The van der Waals surface area contributed by atoms with E-state index in [1.807, 2.05) is 12.1 Å². The van der Waals surface area contributed by atoms with Gasteiger partial charge in [-0.2, -0.15) is 0 Å². The van der Waals surface area contributed by atoms with Gasteiger partial charge in [-0.25, -0.2) is 8.78 Å². The normalized spacial score (nSPS) is 17.6. The summed E-state index contributed by atoms with van der Waals surface area (Å²) >= 11 is 0. The lowest BCUT2D eigenvalue weighted by atomic mass is 9.97. The smallest absolute Gasteiger partial charge is 0.221 e. The third-order valence-corrected chi connectivity index (χ3v) is 4.51. The Balaban J connectivity index is 1.62. The molecular formula is C19H19F2NO. The summed E-state index contributed by atoms with van der Waals surface area (Å²) in [6, 6.07) is 11.6. The first-order valence-electron chi connectivity index (χ1n) is 7.86. The number of carbonyl (C=O) groups excluding carboxylic acids is 1. The van der Waals surface area contributed by atoms with Crippen molar-refractivity contribution < 1.29 is 13.6 Å². The summed E-state index contributed by atoms with van der Waals surface area (Å²) in [7, 11) is 0. The summed E-state index contributed by atoms with van der Waals surface area (Å²) in [6.07, 6.45) is 2.41. The molecule has 0 saturated carbocycles. The largest absolute Gasteiger partial charge is 0.350 e. The van der Waals surface area contributed by atoms with Crippen LogP contribution in [-0.4, -0.2) is 5.91 Å². The molecule has 2 aromatic carbocycles. The standard InChI is InChI=1S/C19H19F2NO/c1-12(14-8-9-17(20)18(21)10-14)22-19(23)11-15-7-6-13-4-2-3-5-16(13)15/h2-5,8-10,12,15H,6-7,11H2,1H3,(H,22,23). The molecule has 0 radical (unpaired) electrons. The minimum Gasteiger partial charge on any atom is -0.350 e. The van der Waals surface area contributed by atoms with Gasteiger partial charge in [-0.15, -0.1) is 0 Å². The van der Waals surface area contributed by atoms with E-state index in [2.05, 4.69) is 17.4 Å². The third-order valence-electron chi connectivity index (χ3n) is 4.51. The van der Waals surface area contributed by atoms with Gasteiger partial charge in [-0.05, 0) is 54.5 Å². The van der Waals surface area contributed by atoms with Crippen LogP contribution in [0.5, 0.6) is 0 Å². The number of rotatable bonds is 4. The van der Waals surface area contributed by atoms with E-state index in [0.717, 1.165) is 25.0 Å². The monoisotopic (exact) mass is 315 g/mol. The van der Waals surface area contributed by atoms with Gasteiger partial charge in [0.2, 0.25) is 5.91 Å². The van der Waals surface area contributed by atoms with Crippen molar-refractivity contribution >= 4 is 5.91 Å². The molecule has 0 aliphatic heterocycles. The van der Waals surface area contributed by atoms with E-state index in [-0.39, 0.29) is 17.9 Å². The lowest BCUT2D eigenvalue weighted by Gasteiger charge is -2.17. The zero-order chi connectivity index (χ0) is 16.4. The second-order valence-electron chi connectivity index (χ2n) is 6.10. The molecule has 0 aromatic heterocycles. The molecule has 120 valence electrons. The maximum atomic E-state index is 13.3. The van der Waals surface area contributed by atoms with Crippen LogP contribution in [0.15, 0.2) is 42.5 Å². The van der Waals surface area contributed by atoms with Gasteiger partial charge in [-0.3, -0.25) is 4.79 Å². The number of fused-ring (bicyclic) bond motifs is 1. The third kappa shape index (κ3) is 3.41. The number of halogens is 2. The van der Waals surface area contributed by atoms with Gasteiger partial charge in [0, 0.05) is 6.42 Å². The van der Waals surface area contributed by atoms with Crippen LogP contribution in [0.4, 0.5) is 8.78 Å². The molecular weight excluding hydrogens is 296 g/mol. The zero-order valence-corrected chi connectivity index (χ0v) is 13.0. The average Bonchev–Trinajstić information content (AvgIpc) is 2.93. The SMILES string of the molecule is CC(NC(=O)CC1CCc2ccccc21)c1ccc(F)c(F)c1. The van der Waals surface area contributed by atoms with Crippen LogP contribution in [0.25, 0.3) is 0 Å². The first-order valence-corrected chi connectivity index (χ1v) is 7.86. The number of benzene rings is 2. The van der Waals surface area contributed by atoms with E-state index in [4.69, 9.17) is 0 Å². The van der Waals surface area contributed by atoms with Crippen LogP contribution < -0.4 is 5.32 Å². The number of amides is 1. The second kappa shape index (κ2) is 6.49. The minimum atomic E-state index is -0.895.